The molecule has 444 valence electrons. The second-order valence-corrected chi connectivity index (χ2v) is 14.8. The first-order valence-corrected chi connectivity index (χ1v) is 21.6. The Balaban J connectivity index is -0.000000101. The van der Waals surface area contributed by atoms with Gasteiger partial charge in [-0.1, -0.05) is 36.4 Å². The molecule has 0 radical (unpaired) electrons. The fourth-order valence-electron chi connectivity index (χ4n) is 3.36. The minimum Gasteiger partial charge on any atom is -0.873 e. The molecule has 34 heteroatoms. The van der Waals surface area contributed by atoms with Gasteiger partial charge < -0.3 is 99.3 Å². The molecule has 0 atom stereocenters. The minimum atomic E-state index is -1.08. The number of rotatable bonds is 12. The van der Waals surface area contributed by atoms with Crippen LogP contribution in [0.2, 0.25) is 0 Å². The van der Waals surface area contributed by atoms with E-state index in [2.05, 4.69) is 21.1 Å². The molecule has 30 nitrogen and oxygen atoms in total. The third kappa shape index (κ3) is 64.6. The number of carboxylic acid groups (broad SMARTS) is 4. The number of carbonyl (C=O) groups excluding carboxylic acids is 10. The number of benzene rings is 4. The molecule has 0 aliphatic heterocycles. The molecule has 0 bridgehead atoms. The van der Waals surface area contributed by atoms with Gasteiger partial charge in [-0.3, -0.25) is 28.8 Å². The normalized spacial score (nSPS) is 8.36. The fraction of sp³-hybridized carbons (Fsp3) is 0.280. The number of aliphatic carboxylic acids is 4. The number of aromatic hydroxyl groups is 2. The second-order valence-electron chi connectivity index (χ2n) is 14.8. The van der Waals surface area contributed by atoms with Crippen LogP contribution in [0.3, 0.4) is 0 Å². The summed E-state index contributed by atoms with van der Waals surface area (Å²) in [6, 6.07) is 16.1. The fourth-order valence-corrected chi connectivity index (χ4v) is 3.36. The van der Waals surface area contributed by atoms with E-state index in [1.54, 1.807) is 56.4 Å². The van der Waals surface area contributed by atoms with E-state index in [0.29, 0.717) is 0 Å². The van der Waals surface area contributed by atoms with Crippen LogP contribution >= 0.6 is 0 Å². The molecular weight excluding hydrogens is 1330 g/mol. The zero-order chi connectivity index (χ0) is 63.7. The number of ether oxygens (including phenoxy) is 2. The molecule has 0 aliphatic carbocycles. The first kappa shape index (κ1) is 98.0. The van der Waals surface area contributed by atoms with Crippen molar-refractivity contribution in [2.45, 2.75) is 27.7 Å². The van der Waals surface area contributed by atoms with Gasteiger partial charge in [0.2, 0.25) is 25.6 Å². The van der Waals surface area contributed by atoms with Crippen molar-refractivity contribution in [3.05, 3.63) is 95.1 Å². The number of methoxy groups -OCH3 is 2. The van der Waals surface area contributed by atoms with E-state index < -0.39 is 58.7 Å². The van der Waals surface area contributed by atoms with Crippen molar-refractivity contribution in [3.8, 4) is 46.0 Å². The Morgan fingerprint density at radius 1 is 0.452 bits per heavy atom. The molecule has 4 aromatic rings. The molecule has 0 unspecified atom stereocenters. The number of phenols is 2. The smallest absolute Gasteiger partial charge is 0.873 e. The Hall–Kier alpha value is -8.19. The number of amides is 6. The standard InChI is InChI=1S/2C15H14N2O5.4C3H7NO.4C2H4O2.4Zn/c2*1-22-13-7-9(5-6-11(13)18)15(21)17-16-8-10-3-2-4-12(19)14(10)20;4*1-4(2)3-5;4*1-2(3)4;;;;/h2*2-8,18-20H,1H3,(H,17,21);4*3H,1-2H3;4*1H3,(H,3,4);;;;/q;;;;;;;;;;4*+2/p-8/b2*16-8+;;;;;;;;;;;;. The molecular formula is C50H64N8O22Zn4. The molecule has 84 heavy (non-hydrogen) atoms. The number of nitrogens with one attached hydrogen (secondary N) is 2. The number of hydrazone groups is 2. The second kappa shape index (κ2) is 60.9. The predicted molar refractivity (Wildman–Crippen MR) is 272 cm³/mol. The van der Waals surface area contributed by atoms with Crippen molar-refractivity contribution >= 4 is 73.8 Å². The molecule has 0 saturated carbocycles. The number of para-hydroxylation sites is 2. The third-order valence-corrected chi connectivity index (χ3v) is 6.49. The number of nitrogens with zero attached hydrogens (tertiary/aromatic N) is 6. The molecule has 4 aromatic carbocycles. The molecule has 4 N–H and O–H groups in total. The van der Waals surface area contributed by atoms with Gasteiger partial charge >= 0.3 is 77.9 Å². The van der Waals surface area contributed by atoms with Crippen LogP contribution in [0.25, 0.3) is 0 Å². The maximum absolute atomic E-state index is 11.9. The molecule has 0 aromatic heterocycles. The van der Waals surface area contributed by atoms with Gasteiger partial charge in [-0.15, -0.1) is 23.0 Å². The van der Waals surface area contributed by atoms with Crippen LogP contribution < -0.4 is 61.2 Å². The zero-order valence-electron chi connectivity index (χ0n) is 49.0. The molecule has 0 aliphatic rings. The van der Waals surface area contributed by atoms with Crippen molar-refractivity contribution in [2.75, 3.05) is 70.6 Å². The van der Waals surface area contributed by atoms with Crippen LogP contribution in [-0.4, -0.2) is 174 Å². The van der Waals surface area contributed by atoms with Gasteiger partial charge in [0, 0.05) is 91.4 Å². The summed E-state index contributed by atoms with van der Waals surface area (Å²) in [5, 5.41) is 107. The van der Waals surface area contributed by atoms with Crippen molar-refractivity contribution < 1.29 is 186 Å². The van der Waals surface area contributed by atoms with Gasteiger partial charge in [0.05, 0.1) is 26.6 Å². The van der Waals surface area contributed by atoms with Crippen LogP contribution in [0.1, 0.15) is 59.5 Å². The first-order chi connectivity index (χ1) is 37.1. The Kier molecular flexibility index (Phi) is 71.0. The monoisotopic (exact) mass is 1380 g/mol. The van der Waals surface area contributed by atoms with E-state index in [4.69, 9.17) is 49.1 Å². The summed E-state index contributed by atoms with van der Waals surface area (Å²) in [5.41, 5.74) is 5.02. The van der Waals surface area contributed by atoms with Crippen LogP contribution in [0, 0.1) is 0 Å². The summed E-state index contributed by atoms with van der Waals surface area (Å²) in [6.45, 7) is 3.89. The van der Waals surface area contributed by atoms with E-state index in [0.717, 1.165) is 77.9 Å². The number of carbonyl (C=O) groups is 10. The van der Waals surface area contributed by atoms with Gasteiger partial charge in [0.15, 0.2) is 23.0 Å². The Morgan fingerprint density at radius 2 is 0.667 bits per heavy atom. The van der Waals surface area contributed by atoms with E-state index in [9.17, 15) is 59.4 Å². The van der Waals surface area contributed by atoms with Crippen molar-refractivity contribution in [2.24, 2.45) is 10.2 Å². The maximum Gasteiger partial charge on any atom is 2.00 e. The van der Waals surface area contributed by atoms with Crippen LogP contribution in [0.5, 0.6) is 46.0 Å². The largest absolute Gasteiger partial charge is 2.00 e. The van der Waals surface area contributed by atoms with E-state index in [1.165, 1.54) is 94.5 Å². The van der Waals surface area contributed by atoms with E-state index >= 15 is 0 Å². The molecule has 6 amide bonds. The zero-order valence-corrected chi connectivity index (χ0v) is 60.8. The van der Waals surface area contributed by atoms with Crippen molar-refractivity contribution in [1.82, 2.24) is 30.5 Å². The Labute approximate surface area is 536 Å². The summed E-state index contributed by atoms with van der Waals surface area (Å²) in [4.78, 5) is 103. The van der Waals surface area contributed by atoms with E-state index in [-0.39, 0.29) is 123 Å². The maximum atomic E-state index is 11.9. The summed E-state index contributed by atoms with van der Waals surface area (Å²) in [6.07, 6.45) is 5.19. The van der Waals surface area contributed by atoms with Crippen molar-refractivity contribution in [1.29, 1.82) is 0 Å². The SMILES string of the molecule is CC(=O)[O-].CC(=O)[O-].CC(=O)[O-].CC(=O)[O-].CN(C)C=O.CN(C)C=O.CN(C)C=O.CN(C)C=O.COc1cc(C(=O)N/N=C/c2cccc([O-])c2[O-])ccc1O.COc1cc(C(=O)N/N=C/c2cccc([O-])c2[O-])ccc1O.[Zn+2].[Zn+2].[Zn+2].[Zn+2]. The quantitative estimate of drug-likeness (QED) is 0.0445. The molecule has 4 rings (SSSR count). The summed E-state index contributed by atoms with van der Waals surface area (Å²) >= 11 is 0. The average Bonchev–Trinajstić information content (AvgIpc) is 3.36. The number of phenolic OH excluding ortho intramolecular Hbond substituents is 2. The van der Waals surface area contributed by atoms with Crippen LogP contribution in [0.15, 0.2) is 83.0 Å². The topological polar surface area (TPSA) is 476 Å². The Bertz CT molecular complexity index is 2340. The first-order valence-electron chi connectivity index (χ1n) is 21.6. The van der Waals surface area contributed by atoms with Gasteiger partial charge in [-0.05, 0) is 75.2 Å². The van der Waals surface area contributed by atoms with Gasteiger partial charge in [0.25, 0.3) is 11.8 Å². The van der Waals surface area contributed by atoms with Crippen LogP contribution in [-0.2, 0) is 116 Å². The number of hydrogen-bond donors (Lipinski definition) is 4. The van der Waals surface area contributed by atoms with Crippen molar-refractivity contribution in [3.63, 3.8) is 0 Å². The predicted octanol–water partition coefficient (Wildman–Crippen LogP) is -5.54. The van der Waals surface area contributed by atoms with Gasteiger partial charge in [-0.25, -0.2) is 10.9 Å². The molecule has 0 spiro atoms. The summed E-state index contributed by atoms with van der Waals surface area (Å²) < 4.78 is 9.79. The van der Waals surface area contributed by atoms with Crippen LogP contribution in [0.4, 0.5) is 0 Å². The van der Waals surface area contributed by atoms with Gasteiger partial charge in [0.1, 0.15) is 0 Å². The average molecular weight is 1390 g/mol. The van der Waals surface area contributed by atoms with Gasteiger partial charge in [-0.2, -0.15) is 10.2 Å². The third-order valence-electron chi connectivity index (χ3n) is 6.49. The molecule has 0 fully saturated rings. The minimum absolute atomic E-state index is 0. The molecule has 0 heterocycles. The molecule has 0 saturated heterocycles. The Morgan fingerprint density at radius 3 is 0.857 bits per heavy atom. The summed E-state index contributed by atoms with van der Waals surface area (Å²) in [5.74, 6) is -7.98. The number of hydrogen-bond acceptors (Lipinski definition) is 24. The van der Waals surface area contributed by atoms with E-state index in [1.807, 2.05) is 0 Å². The number of carboxylic acids is 4. The summed E-state index contributed by atoms with van der Waals surface area (Å²) in [7, 11) is 16.2.